The Morgan fingerprint density at radius 1 is 1.16 bits per heavy atom. The Morgan fingerprint density at radius 3 is 2.42 bits per heavy atom. The summed E-state index contributed by atoms with van der Waals surface area (Å²) >= 11 is 3.43. The van der Waals surface area contributed by atoms with Crippen LogP contribution >= 0.6 is 15.9 Å². The molecule has 0 saturated heterocycles. The molecule has 2 rings (SSSR count). The molecule has 0 amide bonds. The molecule has 1 aromatic carbocycles. The van der Waals surface area contributed by atoms with E-state index in [2.05, 4.69) is 20.7 Å². The van der Waals surface area contributed by atoms with Crippen LogP contribution < -0.4 is 0 Å². The molecule has 0 spiro atoms. The van der Waals surface area contributed by atoms with Crippen LogP contribution in [0.5, 0.6) is 0 Å². The predicted octanol–water partition coefficient (Wildman–Crippen LogP) is 3.24. The van der Waals surface area contributed by atoms with Crippen molar-refractivity contribution in [2.45, 2.75) is 25.7 Å². The number of fused-ring (bicyclic) bond motifs is 1. The smallest absolute Gasteiger partial charge is 0.330 e. The number of allylic oxidation sites excluding steroid dienone is 1. The predicted molar refractivity (Wildman–Crippen MR) is 76.3 cm³/mol. The van der Waals surface area contributed by atoms with E-state index < -0.39 is 5.97 Å². The molecule has 0 saturated carbocycles. The largest absolute Gasteiger partial charge is 0.466 e. The first-order valence-electron chi connectivity index (χ1n) is 6.23. The van der Waals surface area contributed by atoms with Crippen LogP contribution in [0.2, 0.25) is 0 Å². The van der Waals surface area contributed by atoms with Crippen molar-refractivity contribution < 1.29 is 14.3 Å². The summed E-state index contributed by atoms with van der Waals surface area (Å²) in [5, 5.41) is 0. The van der Waals surface area contributed by atoms with Crippen molar-refractivity contribution >= 4 is 27.7 Å². The molecule has 0 unspecified atom stereocenters. The van der Waals surface area contributed by atoms with E-state index in [9.17, 15) is 9.59 Å². The molecule has 0 bridgehead atoms. The van der Waals surface area contributed by atoms with E-state index in [1.54, 1.807) is 0 Å². The maximum Gasteiger partial charge on any atom is 0.330 e. The van der Waals surface area contributed by atoms with Gasteiger partial charge in [-0.15, -0.1) is 0 Å². The lowest BCUT2D eigenvalue weighted by molar-refractivity contribution is -0.134. The van der Waals surface area contributed by atoms with Gasteiger partial charge in [0.1, 0.15) is 0 Å². The fraction of sp³-hybridized carbons (Fsp3) is 0.333. The zero-order chi connectivity index (χ0) is 13.8. The molecule has 4 heteroatoms. The Hall–Kier alpha value is -1.42. The molecule has 1 aromatic rings. The van der Waals surface area contributed by atoms with E-state index in [0.29, 0.717) is 5.56 Å². The highest BCUT2D eigenvalue weighted by atomic mass is 79.9. The lowest BCUT2D eigenvalue weighted by Gasteiger charge is -2.17. The molecular formula is C15H15BrO3. The number of esters is 1. The Balaban J connectivity index is 2.27. The minimum atomic E-state index is -0.526. The normalized spacial score (nSPS) is 14.2. The molecule has 1 aliphatic rings. The number of benzene rings is 1. The Kier molecular flexibility index (Phi) is 4.53. The quantitative estimate of drug-likeness (QED) is 0.487. The number of rotatable bonds is 3. The molecule has 0 fully saturated rings. The van der Waals surface area contributed by atoms with Gasteiger partial charge in [0.15, 0.2) is 5.78 Å². The second kappa shape index (κ2) is 6.15. The highest BCUT2D eigenvalue weighted by Gasteiger charge is 2.15. The summed E-state index contributed by atoms with van der Waals surface area (Å²) in [4.78, 5) is 23.0. The van der Waals surface area contributed by atoms with Gasteiger partial charge in [0, 0.05) is 16.1 Å². The lowest BCUT2D eigenvalue weighted by Crippen LogP contribution is -2.06. The van der Waals surface area contributed by atoms with Crippen LogP contribution in [0.4, 0.5) is 0 Å². The van der Waals surface area contributed by atoms with Crippen LogP contribution in [0.15, 0.2) is 28.8 Å². The third kappa shape index (κ3) is 3.32. The molecule has 0 heterocycles. The van der Waals surface area contributed by atoms with E-state index in [4.69, 9.17) is 0 Å². The molecule has 100 valence electrons. The minimum absolute atomic E-state index is 0.189. The van der Waals surface area contributed by atoms with Crippen molar-refractivity contribution in [3.8, 4) is 0 Å². The first-order chi connectivity index (χ1) is 9.11. The van der Waals surface area contributed by atoms with Gasteiger partial charge in [-0.3, -0.25) is 4.79 Å². The van der Waals surface area contributed by atoms with E-state index in [1.165, 1.54) is 37.2 Å². The van der Waals surface area contributed by atoms with Gasteiger partial charge in [-0.2, -0.15) is 0 Å². The van der Waals surface area contributed by atoms with Crippen LogP contribution in [0.3, 0.4) is 0 Å². The minimum Gasteiger partial charge on any atom is -0.466 e. The number of hydrogen-bond donors (Lipinski definition) is 0. The van der Waals surface area contributed by atoms with Crippen LogP contribution in [0, 0.1) is 0 Å². The topological polar surface area (TPSA) is 43.4 Å². The van der Waals surface area contributed by atoms with Gasteiger partial charge in [-0.25, -0.2) is 4.79 Å². The summed E-state index contributed by atoms with van der Waals surface area (Å²) in [5.74, 6) is -0.715. The first-order valence-corrected chi connectivity index (χ1v) is 7.03. The second-order valence-electron chi connectivity index (χ2n) is 4.53. The highest BCUT2D eigenvalue weighted by molar-refractivity contribution is 9.10. The van der Waals surface area contributed by atoms with Crippen molar-refractivity contribution in [1.29, 1.82) is 0 Å². The summed E-state index contributed by atoms with van der Waals surface area (Å²) in [5.41, 5.74) is 3.15. The molecule has 3 nitrogen and oxygen atoms in total. The fourth-order valence-corrected chi connectivity index (χ4v) is 2.83. The zero-order valence-electron chi connectivity index (χ0n) is 10.7. The monoisotopic (exact) mass is 322 g/mol. The fourth-order valence-electron chi connectivity index (χ4n) is 2.25. The maximum absolute atomic E-state index is 12.0. The van der Waals surface area contributed by atoms with Crippen molar-refractivity contribution in [1.82, 2.24) is 0 Å². The molecule has 1 aliphatic carbocycles. The van der Waals surface area contributed by atoms with Crippen LogP contribution in [0.1, 0.15) is 34.3 Å². The molecule has 0 radical (unpaired) electrons. The standard InChI is InChI=1S/C15H15BrO3/c1-19-15(18)7-6-14(17)12-8-10-4-2-3-5-11(10)9-13(12)16/h6-9H,2-5H2,1H3/b7-6+. The van der Waals surface area contributed by atoms with Crippen LogP contribution in [-0.2, 0) is 22.4 Å². The summed E-state index contributed by atoms with van der Waals surface area (Å²) in [7, 11) is 1.28. The van der Waals surface area contributed by atoms with Gasteiger partial charge in [0.2, 0.25) is 0 Å². The van der Waals surface area contributed by atoms with Gasteiger partial charge >= 0.3 is 5.97 Å². The average molecular weight is 323 g/mol. The molecular weight excluding hydrogens is 308 g/mol. The van der Waals surface area contributed by atoms with Gasteiger partial charge in [0.25, 0.3) is 0 Å². The van der Waals surface area contributed by atoms with E-state index in [-0.39, 0.29) is 5.78 Å². The Morgan fingerprint density at radius 2 is 1.79 bits per heavy atom. The van der Waals surface area contributed by atoms with Gasteiger partial charge in [-0.1, -0.05) is 15.9 Å². The van der Waals surface area contributed by atoms with Gasteiger partial charge < -0.3 is 4.74 Å². The maximum atomic E-state index is 12.0. The van der Waals surface area contributed by atoms with Crippen LogP contribution in [0.25, 0.3) is 0 Å². The highest BCUT2D eigenvalue weighted by Crippen LogP contribution is 2.28. The Bertz CT molecular complexity index is 547. The third-order valence-electron chi connectivity index (χ3n) is 3.27. The average Bonchev–Trinajstić information content (AvgIpc) is 2.43. The molecule has 0 aromatic heterocycles. The van der Waals surface area contributed by atoms with Crippen LogP contribution in [-0.4, -0.2) is 18.9 Å². The summed E-state index contributed by atoms with van der Waals surface area (Å²) < 4.78 is 5.25. The third-order valence-corrected chi connectivity index (χ3v) is 3.93. The number of carbonyl (C=O) groups excluding carboxylic acids is 2. The van der Waals surface area contributed by atoms with Crippen molar-refractivity contribution in [2.75, 3.05) is 7.11 Å². The molecule has 19 heavy (non-hydrogen) atoms. The van der Waals surface area contributed by atoms with Crippen molar-refractivity contribution in [3.63, 3.8) is 0 Å². The second-order valence-corrected chi connectivity index (χ2v) is 5.38. The number of halogens is 1. The van der Waals surface area contributed by atoms with Gasteiger partial charge in [0.05, 0.1) is 7.11 Å². The molecule has 0 N–H and O–H groups in total. The lowest BCUT2D eigenvalue weighted by atomic mass is 9.90. The van der Waals surface area contributed by atoms with Crippen molar-refractivity contribution in [2.24, 2.45) is 0 Å². The van der Waals surface area contributed by atoms with E-state index in [1.807, 2.05) is 12.1 Å². The summed E-state index contributed by atoms with van der Waals surface area (Å²) in [6.07, 6.45) is 6.86. The Labute approximate surface area is 120 Å². The number of ketones is 1. The van der Waals surface area contributed by atoms with Gasteiger partial charge in [-0.05, 0) is 55.0 Å². The summed E-state index contributed by atoms with van der Waals surface area (Å²) in [6.45, 7) is 0. The SMILES string of the molecule is COC(=O)/C=C/C(=O)c1cc2c(cc1Br)CCCC2. The van der Waals surface area contributed by atoms with E-state index >= 15 is 0 Å². The molecule has 0 aliphatic heterocycles. The number of methoxy groups -OCH3 is 1. The zero-order valence-corrected chi connectivity index (χ0v) is 12.3. The first kappa shape index (κ1) is 14.0. The number of aryl methyl sites for hydroxylation is 2. The summed E-state index contributed by atoms with van der Waals surface area (Å²) in [6, 6.07) is 3.95. The van der Waals surface area contributed by atoms with E-state index in [0.717, 1.165) is 23.4 Å². The number of carbonyl (C=O) groups is 2. The number of hydrogen-bond acceptors (Lipinski definition) is 3. The number of ether oxygens (including phenoxy) is 1. The molecule has 0 atom stereocenters. The van der Waals surface area contributed by atoms with Crippen molar-refractivity contribution in [3.05, 3.63) is 45.4 Å².